The molecule has 2 aromatic rings. The van der Waals surface area contributed by atoms with Crippen LogP contribution in [-0.2, 0) is 0 Å². The molecule has 22 heavy (non-hydrogen) atoms. The number of nitrogens with one attached hydrogen (secondary N) is 1. The summed E-state index contributed by atoms with van der Waals surface area (Å²) in [6.45, 7) is 7.38. The molecule has 2 aromatic heterocycles. The quantitative estimate of drug-likeness (QED) is 0.836. The van der Waals surface area contributed by atoms with Gasteiger partial charge < -0.3 is 4.90 Å². The zero-order chi connectivity index (χ0) is 15.7. The number of anilines is 2. The smallest absolute Gasteiger partial charge is 0.295 e. The van der Waals surface area contributed by atoms with E-state index >= 15 is 0 Å². The molecule has 0 aliphatic carbocycles. The molecule has 0 spiro atoms. The Labute approximate surface area is 139 Å². The van der Waals surface area contributed by atoms with E-state index in [0.29, 0.717) is 10.3 Å². The van der Waals surface area contributed by atoms with Crippen molar-refractivity contribution in [2.75, 3.05) is 36.0 Å². The maximum absolute atomic E-state index is 5.96. The van der Waals surface area contributed by atoms with Crippen LogP contribution in [0.4, 0.5) is 11.6 Å². The molecule has 0 atom stereocenters. The van der Waals surface area contributed by atoms with Gasteiger partial charge in [0.2, 0.25) is 0 Å². The summed E-state index contributed by atoms with van der Waals surface area (Å²) in [5, 5.41) is 16.2. The topological polar surface area (TPSA) is 59.3 Å². The van der Waals surface area contributed by atoms with Crippen molar-refractivity contribution >= 4 is 34.8 Å². The summed E-state index contributed by atoms with van der Waals surface area (Å²) in [5.74, 6) is 1.86. The van der Waals surface area contributed by atoms with Crippen molar-refractivity contribution in [1.29, 1.82) is 0 Å². The predicted octanol–water partition coefficient (Wildman–Crippen LogP) is 1.94. The highest BCUT2D eigenvalue weighted by molar-refractivity contribution is 6.30. The lowest BCUT2D eigenvalue weighted by Crippen LogP contribution is -2.48. The highest BCUT2D eigenvalue weighted by Crippen LogP contribution is 2.20. The first-order chi connectivity index (χ1) is 10.5. The van der Waals surface area contributed by atoms with Gasteiger partial charge in [0.05, 0.1) is 13.1 Å². The van der Waals surface area contributed by atoms with Crippen molar-refractivity contribution in [3.05, 3.63) is 33.6 Å². The van der Waals surface area contributed by atoms with Crippen molar-refractivity contribution in [2.45, 2.75) is 13.8 Å². The first-order valence-electron chi connectivity index (χ1n) is 7.09. The molecule has 6 nitrogen and oxygen atoms in total. The van der Waals surface area contributed by atoms with E-state index in [4.69, 9.17) is 23.2 Å². The third kappa shape index (κ3) is 3.08. The number of aromatic nitrogens is 4. The average Bonchev–Trinajstić information content (AvgIpc) is 2.53. The summed E-state index contributed by atoms with van der Waals surface area (Å²) < 4.78 is 0. The second-order valence-corrected chi connectivity index (χ2v) is 6.09. The molecule has 0 aromatic carbocycles. The number of rotatable bonds is 2. The second-order valence-electron chi connectivity index (χ2n) is 5.38. The minimum Gasteiger partial charge on any atom is -0.347 e. The van der Waals surface area contributed by atoms with Crippen LogP contribution in [-0.4, -0.2) is 41.5 Å². The molecule has 116 valence electrons. The molecule has 0 amide bonds. The molecule has 1 fully saturated rings. The average molecular weight is 340 g/mol. The minimum atomic E-state index is 0.458. The summed E-state index contributed by atoms with van der Waals surface area (Å²) in [5.41, 5.74) is 1.91. The van der Waals surface area contributed by atoms with Crippen LogP contribution >= 0.6 is 23.2 Å². The van der Waals surface area contributed by atoms with E-state index < -0.39 is 0 Å². The summed E-state index contributed by atoms with van der Waals surface area (Å²) in [6.07, 6.45) is 0. The van der Waals surface area contributed by atoms with Crippen molar-refractivity contribution in [3.63, 3.8) is 0 Å². The van der Waals surface area contributed by atoms with Gasteiger partial charge in [0, 0.05) is 6.07 Å². The number of piperazine rings is 1. The van der Waals surface area contributed by atoms with E-state index in [1.54, 1.807) is 0 Å². The van der Waals surface area contributed by atoms with Crippen LogP contribution in [0, 0.1) is 13.8 Å². The van der Waals surface area contributed by atoms with Gasteiger partial charge in [0.15, 0.2) is 16.1 Å². The molecule has 1 aliphatic rings. The van der Waals surface area contributed by atoms with Crippen LogP contribution in [0.15, 0.2) is 12.1 Å². The molecular weight excluding hydrogens is 323 g/mol. The van der Waals surface area contributed by atoms with Crippen molar-refractivity contribution < 1.29 is 5.10 Å². The van der Waals surface area contributed by atoms with Gasteiger partial charge in [-0.25, -0.2) is 0 Å². The van der Waals surface area contributed by atoms with Gasteiger partial charge in [-0.3, -0.25) is 4.90 Å². The van der Waals surface area contributed by atoms with Crippen molar-refractivity contribution in [3.8, 4) is 0 Å². The Bertz CT molecular complexity index is 626. The van der Waals surface area contributed by atoms with E-state index in [1.165, 1.54) is 0 Å². The van der Waals surface area contributed by atoms with Gasteiger partial charge >= 0.3 is 0 Å². The largest absolute Gasteiger partial charge is 0.347 e. The molecule has 0 unspecified atom stereocenters. The second kappa shape index (κ2) is 6.22. The molecular formula is C14H17Cl2N6+. The SMILES string of the molecule is Cc1cc(N2CCN(c3cc(C)c(Cl)n[nH+]3)CC2)nnc1Cl. The molecule has 8 heteroatoms. The number of halogens is 2. The fourth-order valence-corrected chi connectivity index (χ4v) is 2.63. The van der Waals surface area contributed by atoms with E-state index in [9.17, 15) is 0 Å². The summed E-state index contributed by atoms with van der Waals surface area (Å²) in [6, 6.07) is 4.00. The van der Waals surface area contributed by atoms with Gasteiger partial charge in [-0.1, -0.05) is 28.3 Å². The predicted molar refractivity (Wildman–Crippen MR) is 86.7 cm³/mol. The molecule has 1 aliphatic heterocycles. The standard InChI is InChI=1S/C14H16Cl2N6/c1-9-7-11(17-19-13(9)15)21-3-5-22(6-4-21)12-8-10(2)14(16)20-18-12/h7-8H,3-6H2,1-2H3/p+1. The van der Waals surface area contributed by atoms with Gasteiger partial charge in [-0.2, -0.15) is 0 Å². The highest BCUT2D eigenvalue weighted by Gasteiger charge is 2.25. The number of aromatic amines is 1. The number of H-pyrrole nitrogens is 1. The Morgan fingerprint density at radius 3 is 2.18 bits per heavy atom. The molecule has 3 heterocycles. The van der Waals surface area contributed by atoms with Crippen LogP contribution in [0.5, 0.6) is 0 Å². The van der Waals surface area contributed by atoms with Crippen molar-refractivity contribution in [2.24, 2.45) is 0 Å². The molecule has 0 radical (unpaired) electrons. The van der Waals surface area contributed by atoms with Crippen LogP contribution < -0.4 is 14.9 Å². The maximum atomic E-state index is 5.96. The third-order valence-electron chi connectivity index (χ3n) is 3.80. The van der Waals surface area contributed by atoms with Gasteiger partial charge in [0.25, 0.3) is 5.82 Å². The van der Waals surface area contributed by atoms with Gasteiger partial charge in [-0.15, -0.1) is 15.3 Å². The zero-order valence-electron chi connectivity index (χ0n) is 12.5. The van der Waals surface area contributed by atoms with Crippen LogP contribution in [0.1, 0.15) is 11.1 Å². The van der Waals surface area contributed by atoms with E-state index in [2.05, 4.69) is 30.2 Å². The van der Waals surface area contributed by atoms with E-state index in [0.717, 1.165) is 48.9 Å². The van der Waals surface area contributed by atoms with Crippen LogP contribution in [0.3, 0.4) is 0 Å². The van der Waals surface area contributed by atoms with E-state index in [-0.39, 0.29) is 0 Å². The third-order valence-corrected chi connectivity index (χ3v) is 4.56. The Hall–Kier alpha value is -1.66. The first-order valence-corrected chi connectivity index (χ1v) is 7.85. The molecule has 1 saturated heterocycles. The Morgan fingerprint density at radius 1 is 0.909 bits per heavy atom. The number of hydrogen-bond acceptors (Lipinski definition) is 5. The highest BCUT2D eigenvalue weighted by atomic mass is 35.5. The van der Waals surface area contributed by atoms with Crippen molar-refractivity contribution in [1.82, 2.24) is 15.3 Å². The van der Waals surface area contributed by atoms with E-state index in [1.807, 2.05) is 26.0 Å². The first kappa shape index (κ1) is 15.2. The Morgan fingerprint density at radius 2 is 1.55 bits per heavy atom. The lowest BCUT2D eigenvalue weighted by molar-refractivity contribution is -0.441. The summed E-state index contributed by atoms with van der Waals surface area (Å²) in [7, 11) is 0. The molecule has 3 rings (SSSR count). The fraction of sp³-hybridized carbons (Fsp3) is 0.429. The lowest BCUT2D eigenvalue weighted by atomic mass is 10.2. The normalized spacial score (nSPS) is 15.3. The fourth-order valence-electron chi connectivity index (χ4n) is 2.44. The van der Waals surface area contributed by atoms with Crippen LogP contribution in [0.25, 0.3) is 0 Å². The van der Waals surface area contributed by atoms with Gasteiger partial charge in [-0.05, 0) is 31.0 Å². The monoisotopic (exact) mass is 339 g/mol. The maximum Gasteiger partial charge on any atom is 0.295 e. The number of nitrogens with zero attached hydrogens (tertiary/aromatic N) is 5. The molecule has 1 N–H and O–H groups in total. The zero-order valence-corrected chi connectivity index (χ0v) is 14.0. The summed E-state index contributed by atoms with van der Waals surface area (Å²) in [4.78, 5) is 4.46. The van der Waals surface area contributed by atoms with Crippen LogP contribution in [0.2, 0.25) is 10.3 Å². The minimum absolute atomic E-state index is 0.458. The lowest BCUT2D eigenvalue weighted by Gasteiger charge is -2.31. The Kier molecular flexibility index (Phi) is 4.31. The molecule has 0 bridgehead atoms. The van der Waals surface area contributed by atoms with Gasteiger partial charge in [0.1, 0.15) is 13.1 Å². The number of hydrogen-bond donors (Lipinski definition) is 0. The summed E-state index contributed by atoms with van der Waals surface area (Å²) >= 11 is 11.9. The number of aryl methyl sites for hydroxylation is 2. The molecule has 0 saturated carbocycles. The Balaban J connectivity index is 1.69.